The van der Waals surface area contributed by atoms with Gasteiger partial charge in [0.1, 0.15) is 5.75 Å². The summed E-state index contributed by atoms with van der Waals surface area (Å²) in [4.78, 5) is 0. The third-order valence-electron chi connectivity index (χ3n) is 4.23. The quantitative estimate of drug-likeness (QED) is 0.744. The largest absolute Gasteiger partial charge is 0.508 e. The summed E-state index contributed by atoms with van der Waals surface area (Å²) < 4.78 is 5.84. The number of allylic oxidation sites excluding steroid dienone is 1. The lowest BCUT2D eigenvalue weighted by molar-refractivity contribution is 0.116. The Balaban J connectivity index is 1.98. The molecular formula is C20H26O2. The highest BCUT2D eigenvalue weighted by molar-refractivity contribution is 5.53. The number of ether oxygens (including phenoxy) is 1. The lowest BCUT2D eigenvalue weighted by atomic mass is 9.95. The highest BCUT2D eigenvalue weighted by Crippen LogP contribution is 2.28. The van der Waals surface area contributed by atoms with Crippen molar-refractivity contribution in [3.05, 3.63) is 59.2 Å². The average Bonchev–Trinajstić information content (AvgIpc) is 3.01. The van der Waals surface area contributed by atoms with E-state index in [-0.39, 0.29) is 6.10 Å². The Morgan fingerprint density at radius 2 is 2.00 bits per heavy atom. The van der Waals surface area contributed by atoms with Crippen LogP contribution in [-0.4, -0.2) is 17.8 Å². The summed E-state index contributed by atoms with van der Waals surface area (Å²) in [6.45, 7) is 9.18. The van der Waals surface area contributed by atoms with E-state index in [1.54, 1.807) is 12.1 Å². The van der Waals surface area contributed by atoms with Crippen molar-refractivity contribution in [2.45, 2.75) is 45.6 Å². The van der Waals surface area contributed by atoms with Crippen LogP contribution in [0.5, 0.6) is 5.75 Å². The number of phenols is 1. The van der Waals surface area contributed by atoms with Crippen molar-refractivity contribution in [2.75, 3.05) is 6.61 Å². The fourth-order valence-corrected chi connectivity index (χ4v) is 2.76. The van der Waals surface area contributed by atoms with Crippen molar-refractivity contribution in [1.29, 1.82) is 0 Å². The van der Waals surface area contributed by atoms with Crippen LogP contribution in [0, 0.1) is 0 Å². The number of rotatable bonds is 7. The van der Waals surface area contributed by atoms with E-state index in [9.17, 15) is 5.11 Å². The van der Waals surface area contributed by atoms with Crippen LogP contribution in [0.15, 0.2) is 53.6 Å². The van der Waals surface area contributed by atoms with Crippen molar-refractivity contribution in [1.82, 2.24) is 0 Å². The van der Waals surface area contributed by atoms with Gasteiger partial charge in [-0.2, -0.15) is 0 Å². The van der Waals surface area contributed by atoms with Crippen LogP contribution in [0.25, 0.3) is 6.08 Å². The molecular weight excluding hydrogens is 272 g/mol. The number of hydrogen-bond donors (Lipinski definition) is 1. The maximum Gasteiger partial charge on any atom is 0.115 e. The van der Waals surface area contributed by atoms with Crippen LogP contribution in [0.3, 0.4) is 0 Å². The van der Waals surface area contributed by atoms with Crippen molar-refractivity contribution in [2.24, 2.45) is 0 Å². The minimum absolute atomic E-state index is 0.196. The first-order chi connectivity index (χ1) is 10.6. The van der Waals surface area contributed by atoms with Crippen molar-refractivity contribution >= 4 is 6.08 Å². The van der Waals surface area contributed by atoms with E-state index < -0.39 is 0 Å². The molecule has 0 amide bonds. The lowest BCUT2D eigenvalue weighted by Crippen LogP contribution is -2.11. The summed E-state index contributed by atoms with van der Waals surface area (Å²) in [7, 11) is 0. The van der Waals surface area contributed by atoms with Crippen molar-refractivity contribution in [3.8, 4) is 5.75 Å². The van der Waals surface area contributed by atoms with Crippen LogP contribution in [-0.2, 0) is 4.74 Å². The molecule has 0 bridgehead atoms. The number of aromatic hydroxyl groups is 1. The summed E-state index contributed by atoms with van der Waals surface area (Å²) in [5.74, 6) is 0.308. The van der Waals surface area contributed by atoms with Gasteiger partial charge in [-0.3, -0.25) is 0 Å². The van der Waals surface area contributed by atoms with E-state index in [1.165, 1.54) is 16.7 Å². The molecule has 0 aliphatic carbocycles. The van der Waals surface area contributed by atoms with E-state index in [0.717, 1.165) is 31.2 Å². The fourth-order valence-electron chi connectivity index (χ4n) is 2.76. The third kappa shape index (κ3) is 4.35. The Morgan fingerprint density at radius 1 is 1.27 bits per heavy atom. The molecule has 0 aromatic heterocycles. The fraction of sp³-hybridized carbons (Fsp3) is 0.400. The first-order valence-electron chi connectivity index (χ1n) is 8.12. The van der Waals surface area contributed by atoms with Gasteiger partial charge >= 0.3 is 0 Å². The summed E-state index contributed by atoms with van der Waals surface area (Å²) in [5, 5.41) is 9.35. The van der Waals surface area contributed by atoms with Crippen LogP contribution >= 0.6 is 0 Å². The lowest BCUT2D eigenvalue weighted by Gasteiger charge is -2.16. The second-order valence-corrected chi connectivity index (χ2v) is 5.72. The van der Waals surface area contributed by atoms with Crippen LogP contribution in [0.2, 0.25) is 0 Å². The Bertz CT molecular complexity index is 564. The van der Waals surface area contributed by atoms with E-state index in [4.69, 9.17) is 4.74 Å². The van der Waals surface area contributed by atoms with E-state index >= 15 is 0 Å². The van der Waals surface area contributed by atoms with Gasteiger partial charge in [0.2, 0.25) is 0 Å². The van der Waals surface area contributed by atoms with Crippen LogP contribution in [0.4, 0.5) is 0 Å². The topological polar surface area (TPSA) is 29.5 Å². The standard InChI is InChI=1S/C20H26O2/c1-4-15(3)19-12-13-22-20(19)11-8-16(5-2)14-17-6-9-18(21)10-7-17/h6-7,9-10,12,14,20-21H,3-5,8,11,13H2,1-2H3/b16-14+. The molecule has 1 aliphatic rings. The van der Waals surface area contributed by atoms with Gasteiger partial charge in [-0.1, -0.05) is 50.3 Å². The summed E-state index contributed by atoms with van der Waals surface area (Å²) in [6.07, 6.45) is 8.62. The SMILES string of the molecule is C=C(CC)C1=CCOC1CC/C(=C/c1ccc(O)cc1)CC. The smallest absolute Gasteiger partial charge is 0.115 e. The Kier molecular flexibility index (Phi) is 6.02. The zero-order valence-corrected chi connectivity index (χ0v) is 13.6. The minimum atomic E-state index is 0.196. The molecule has 2 heteroatoms. The van der Waals surface area contributed by atoms with Gasteiger partial charge in [-0.25, -0.2) is 0 Å². The van der Waals surface area contributed by atoms with Gasteiger partial charge in [0.05, 0.1) is 12.7 Å². The molecule has 2 rings (SSSR count). The number of benzene rings is 1. The molecule has 0 spiro atoms. The predicted molar refractivity (Wildman–Crippen MR) is 92.9 cm³/mol. The van der Waals surface area contributed by atoms with Crippen molar-refractivity contribution in [3.63, 3.8) is 0 Å². The van der Waals surface area contributed by atoms with Gasteiger partial charge in [0.15, 0.2) is 0 Å². The Morgan fingerprint density at radius 3 is 2.64 bits per heavy atom. The van der Waals surface area contributed by atoms with Gasteiger partial charge in [0, 0.05) is 0 Å². The molecule has 0 saturated carbocycles. The normalized spacial score (nSPS) is 18.4. The molecule has 1 atom stereocenters. The maximum absolute atomic E-state index is 9.35. The minimum Gasteiger partial charge on any atom is -0.508 e. The van der Waals surface area contributed by atoms with Gasteiger partial charge in [-0.15, -0.1) is 0 Å². The summed E-state index contributed by atoms with van der Waals surface area (Å²) in [5.41, 5.74) is 5.03. The molecule has 1 N–H and O–H groups in total. The maximum atomic E-state index is 9.35. The van der Waals surface area contributed by atoms with Crippen molar-refractivity contribution < 1.29 is 9.84 Å². The second-order valence-electron chi connectivity index (χ2n) is 5.72. The van der Waals surface area contributed by atoms with Gasteiger partial charge in [-0.05, 0) is 54.5 Å². The number of phenolic OH excluding ortho intramolecular Hbond substituents is 1. The molecule has 118 valence electrons. The third-order valence-corrected chi connectivity index (χ3v) is 4.23. The van der Waals surface area contributed by atoms with Crippen LogP contribution in [0.1, 0.15) is 45.1 Å². The highest BCUT2D eigenvalue weighted by atomic mass is 16.5. The van der Waals surface area contributed by atoms with Crippen LogP contribution < -0.4 is 0 Å². The molecule has 0 fully saturated rings. The van der Waals surface area contributed by atoms with E-state index in [2.05, 4.69) is 32.6 Å². The second kappa shape index (κ2) is 8.00. The Labute approximate surface area is 133 Å². The zero-order valence-electron chi connectivity index (χ0n) is 13.6. The van der Waals surface area contributed by atoms with Gasteiger partial charge < -0.3 is 9.84 Å². The molecule has 1 aromatic rings. The molecule has 1 heterocycles. The first kappa shape index (κ1) is 16.6. The number of hydrogen-bond acceptors (Lipinski definition) is 2. The predicted octanol–water partition coefficient (Wildman–Crippen LogP) is 5.26. The van der Waals surface area contributed by atoms with E-state index in [1.807, 2.05) is 12.1 Å². The molecule has 1 aliphatic heterocycles. The summed E-state index contributed by atoms with van der Waals surface area (Å²) in [6, 6.07) is 7.35. The van der Waals surface area contributed by atoms with E-state index in [0.29, 0.717) is 12.4 Å². The molecule has 1 unspecified atom stereocenters. The summed E-state index contributed by atoms with van der Waals surface area (Å²) >= 11 is 0. The molecule has 0 radical (unpaired) electrons. The first-order valence-corrected chi connectivity index (χ1v) is 8.12. The molecule has 1 aromatic carbocycles. The average molecular weight is 298 g/mol. The molecule has 0 saturated heterocycles. The Hall–Kier alpha value is -1.80. The molecule has 2 nitrogen and oxygen atoms in total. The molecule has 22 heavy (non-hydrogen) atoms. The zero-order chi connectivity index (χ0) is 15.9. The van der Waals surface area contributed by atoms with Gasteiger partial charge in [0.25, 0.3) is 0 Å². The monoisotopic (exact) mass is 298 g/mol. The highest BCUT2D eigenvalue weighted by Gasteiger charge is 2.21.